The summed E-state index contributed by atoms with van der Waals surface area (Å²) >= 11 is 0. The molecule has 4 aromatic carbocycles. The molecule has 0 aromatic heterocycles. The molecule has 6 rings (SSSR count). The normalized spacial score (nSPS) is 16.9. The van der Waals surface area contributed by atoms with Crippen molar-refractivity contribution in [1.82, 2.24) is 0 Å². The molecule has 0 spiro atoms. The van der Waals surface area contributed by atoms with Gasteiger partial charge >= 0.3 is 0 Å². The molecule has 0 saturated carbocycles. The van der Waals surface area contributed by atoms with Crippen molar-refractivity contribution in [2.75, 3.05) is 0 Å². The zero-order chi connectivity index (χ0) is 15.7. The summed E-state index contributed by atoms with van der Waals surface area (Å²) in [4.78, 5) is 0. The molecular formula is C23H14O. The maximum Gasteiger partial charge on any atom is 0.144 e. The van der Waals surface area contributed by atoms with Crippen molar-refractivity contribution >= 4 is 27.6 Å². The Kier molecular flexibility index (Phi) is 2.20. The van der Waals surface area contributed by atoms with Crippen molar-refractivity contribution in [1.29, 1.82) is 0 Å². The molecule has 4 aromatic rings. The first-order valence-corrected chi connectivity index (χ1v) is 8.33. The van der Waals surface area contributed by atoms with Crippen molar-refractivity contribution < 1.29 is 4.74 Å². The van der Waals surface area contributed by atoms with Gasteiger partial charge in [0.25, 0.3) is 0 Å². The zero-order valence-corrected chi connectivity index (χ0v) is 13.0. The molecule has 0 bridgehead atoms. The van der Waals surface area contributed by atoms with Crippen LogP contribution in [-0.2, 0) is 0 Å². The van der Waals surface area contributed by atoms with E-state index in [9.17, 15) is 0 Å². The zero-order valence-electron chi connectivity index (χ0n) is 13.0. The van der Waals surface area contributed by atoms with E-state index in [0.717, 1.165) is 5.75 Å². The summed E-state index contributed by atoms with van der Waals surface area (Å²) in [5.41, 5.74) is 5.14. The molecule has 112 valence electrons. The number of hydrogen-bond acceptors (Lipinski definition) is 1. The fourth-order valence-corrected chi connectivity index (χ4v) is 4.24. The van der Waals surface area contributed by atoms with Gasteiger partial charge in [0, 0.05) is 11.1 Å². The van der Waals surface area contributed by atoms with Gasteiger partial charge in [0.15, 0.2) is 0 Å². The topological polar surface area (TPSA) is 9.23 Å². The minimum atomic E-state index is 0.00672. The summed E-state index contributed by atoms with van der Waals surface area (Å²) in [6, 6.07) is 23.8. The summed E-state index contributed by atoms with van der Waals surface area (Å²) in [5, 5.41) is 5.13. The predicted octanol–water partition coefficient (Wildman–Crippen LogP) is 6.12. The van der Waals surface area contributed by atoms with Gasteiger partial charge in [0.1, 0.15) is 11.9 Å². The van der Waals surface area contributed by atoms with E-state index in [1.807, 2.05) is 0 Å². The minimum absolute atomic E-state index is 0.00672. The van der Waals surface area contributed by atoms with E-state index in [0.29, 0.717) is 0 Å². The van der Waals surface area contributed by atoms with Crippen molar-refractivity contribution in [3.05, 3.63) is 83.9 Å². The first-order valence-electron chi connectivity index (χ1n) is 8.33. The van der Waals surface area contributed by atoms with Crippen LogP contribution in [0.25, 0.3) is 38.7 Å². The van der Waals surface area contributed by atoms with Gasteiger partial charge in [-0.1, -0.05) is 66.7 Å². The Balaban J connectivity index is 1.82. The Morgan fingerprint density at radius 1 is 0.750 bits per heavy atom. The monoisotopic (exact) mass is 306 g/mol. The SMILES string of the molecule is C1=CC2Oc3ccc4ccccc4c3-c3ccc4cccc1c4c32. The van der Waals surface area contributed by atoms with E-state index in [2.05, 4.69) is 78.9 Å². The molecule has 0 saturated heterocycles. The molecule has 0 radical (unpaired) electrons. The minimum Gasteiger partial charge on any atom is -0.481 e. The molecule has 0 N–H and O–H groups in total. The molecule has 1 heteroatoms. The molecule has 1 aliphatic heterocycles. The highest BCUT2D eigenvalue weighted by Crippen LogP contribution is 2.50. The average molecular weight is 306 g/mol. The first kappa shape index (κ1) is 12.4. The van der Waals surface area contributed by atoms with Crippen LogP contribution in [0.2, 0.25) is 0 Å². The molecule has 2 aliphatic rings. The standard InChI is InChI=1S/C23H14O/c1-2-7-17-14(4-1)9-12-19-22(17)18-11-8-15-5-3-6-16-10-13-20(24-19)23(18)21(15)16/h1-13,20H. The van der Waals surface area contributed by atoms with Crippen LogP contribution in [0.1, 0.15) is 17.2 Å². The molecule has 0 amide bonds. The molecule has 24 heavy (non-hydrogen) atoms. The summed E-state index contributed by atoms with van der Waals surface area (Å²) in [7, 11) is 0. The maximum absolute atomic E-state index is 6.38. The largest absolute Gasteiger partial charge is 0.481 e. The fourth-order valence-electron chi connectivity index (χ4n) is 4.24. The Morgan fingerprint density at radius 3 is 2.62 bits per heavy atom. The summed E-state index contributed by atoms with van der Waals surface area (Å²) < 4.78 is 6.38. The van der Waals surface area contributed by atoms with Crippen LogP contribution in [0.3, 0.4) is 0 Å². The van der Waals surface area contributed by atoms with Crippen molar-refractivity contribution in [3.63, 3.8) is 0 Å². The molecule has 1 nitrogen and oxygen atoms in total. The van der Waals surface area contributed by atoms with Crippen LogP contribution in [0.5, 0.6) is 5.75 Å². The number of fused-ring (bicyclic) bond motifs is 4. The number of ether oxygens (including phenoxy) is 1. The molecular weight excluding hydrogens is 292 g/mol. The third kappa shape index (κ3) is 1.45. The number of rotatable bonds is 0. The van der Waals surface area contributed by atoms with Crippen molar-refractivity contribution in [3.8, 4) is 16.9 Å². The second kappa shape index (κ2) is 4.27. The van der Waals surface area contributed by atoms with Crippen LogP contribution in [0, 0.1) is 0 Å². The Bertz CT molecular complexity index is 1180. The van der Waals surface area contributed by atoms with E-state index < -0.39 is 0 Å². The van der Waals surface area contributed by atoms with Gasteiger partial charge in [-0.15, -0.1) is 0 Å². The van der Waals surface area contributed by atoms with Gasteiger partial charge in [0.05, 0.1) is 0 Å². The number of benzene rings is 4. The molecule has 1 atom stereocenters. The molecule has 1 aliphatic carbocycles. The van der Waals surface area contributed by atoms with Gasteiger partial charge < -0.3 is 4.74 Å². The van der Waals surface area contributed by atoms with E-state index in [-0.39, 0.29) is 6.10 Å². The van der Waals surface area contributed by atoms with E-state index >= 15 is 0 Å². The van der Waals surface area contributed by atoms with Gasteiger partial charge in [-0.25, -0.2) is 0 Å². The van der Waals surface area contributed by atoms with Crippen LogP contribution in [0.15, 0.2) is 72.8 Å². The third-order valence-corrected chi connectivity index (χ3v) is 5.27. The molecule has 1 unspecified atom stereocenters. The van der Waals surface area contributed by atoms with Crippen LogP contribution in [-0.4, -0.2) is 0 Å². The van der Waals surface area contributed by atoms with Crippen LogP contribution < -0.4 is 4.74 Å². The lowest BCUT2D eigenvalue weighted by Gasteiger charge is -2.31. The first-order chi connectivity index (χ1) is 11.9. The fraction of sp³-hybridized carbons (Fsp3) is 0.0435. The number of hydrogen-bond donors (Lipinski definition) is 0. The molecule has 1 heterocycles. The Labute approximate surface area is 139 Å². The van der Waals surface area contributed by atoms with Crippen LogP contribution in [0.4, 0.5) is 0 Å². The highest BCUT2D eigenvalue weighted by atomic mass is 16.5. The quantitative estimate of drug-likeness (QED) is 0.380. The summed E-state index contributed by atoms with van der Waals surface area (Å²) in [5.74, 6) is 0.981. The van der Waals surface area contributed by atoms with Crippen molar-refractivity contribution in [2.24, 2.45) is 0 Å². The third-order valence-electron chi connectivity index (χ3n) is 5.27. The van der Waals surface area contributed by atoms with Gasteiger partial charge in [-0.3, -0.25) is 0 Å². The smallest absolute Gasteiger partial charge is 0.144 e. The summed E-state index contributed by atoms with van der Waals surface area (Å²) in [6.07, 6.45) is 4.38. The van der Waals surface area contributed by atoms with E-state index in [4.69, 9.17) is 4.74 Å². The lowest BCUT2D eigenvalue weighted by Crippen LogP contribution is -2.15. The van der Waals surface area contributed by atoms with Gasteiger partial charge in [-0.05, 0) is 44.8 Å². The lowest BCUT2D eigenvalue weighted by molar-refractivity contribution is 0.254. The second-order valence-corrected chi connectivity index (χ2v) is 6.53. The lowest BCUT2D eigenvalue weighted by atomic mass is 9.82. The second-order valence-electron chi connectivity index (χ2n) is 6.53. The Morgan fingerprint density at radius 2 is 1.62 bits per heavy atom. The predicted molar refractivity (Wildman–Crippen MR) is 99.3 cm³/mol. The maximum atomic E-state index is 6.38. The van der Waals surface area contributed by atoms with Crippen LogP contribution >= 0.6 is 0 Å². The Hall–Kier alpha value is -3.06. The highest BCUT2D eigenvalue weighted by Gasteiger charge is 2.30. The van der Waals surface area contributed by atoms with Crippen molar-refractivity contribution in [2.45, 2.75) is 6.10 Å². The average Bonchev–Trinajstić information content (AvgIpc) is 2.65. The van der Waals surface area contributed by atoms with Gasteiger partial charge in [-0.2, -0.15) is 0 Å². The summed E-state index contributed by atoms with van der Waals surface area (Å²) in [6.45, 7) is 0. The van der Waals surface area contributed by atoms with Gasteiger partial charge in [0.2, 0.25) is 0 Å². The highest BCUT2D eigenvalue weighted by molar-refractivity contribution is 6.07. The molecule has 0 fully saturated rings. The van der Waals surface area contributed by atoms with E-state index in [1.165, 1.54) is 43.8 Å². The van der Waals surface area contributed by atoms with E-state index in [1.54, 1.807) is 0 Å².